The van der Waals surface area contributed by atoms with E-state index < -0.39 is 0 Å². The van der Waals surface area contributed by atoms with Crippen LogP contribution in [0.5, 0.6) is 0 Å². The van der Waals surface area contributed by atoms with Gasteiger partial charge in [-0.25, -0.2) is 4.98 Å². The van der Waals surface area contributed by atoms with Crippen LogP contribution in [0.15, 0.2) is 11.2 Å². The molecule has 6 nitrogen and oxygen atoms in total. The van der Waals surface area contributed by atoms with Crippen molar-refractivity contribution >= 4 is 17.3 Å². The summed E-state index contributed by atoms with van der Waals surface area (Å²) in [4.78, 5) is 10.2. The minimum atomic E-state index is 0.658. The number of aliphatic imine (C=N–C) groups is 1. The number of nitrogens with zero attached hydrogens (tertiary/aromatic N) is 2. The van der Waals surface area contributed by atoms with E-state index in [2.05, 4.69) is 34.5 Å². The smallest absolute Gasteiger partial charge is 0.191 e. The molecule has 0 saturated heterocycles. The summed E-state index contributed by atoms with van der Waals surface area (Å²) in [7, 11) is 1.68. The molecule has 7 heteroatoms. The van der Waals surface area contributed by atoms with Crippen LogP contribution in [-0.4, -0.2) is 57.5 Å². The Hall–Kier alpha value is -1.18. The number of rotatable bonds is 12. The number of ether oxygens (including phenoxy) is 2. The summed E-state index contributed by atoms with van der Waals surface area (Å²) < 4.78 is 10.4. The quantitative estimate of drug-likeness (QED) is 0.345. The van der Waals surface area contributed by atoms with Gasteiger partial charge in [0.25, 0.3) is 0 Å². The lowest BCUT2D eigenvalue weighted by atomic mass is 10.3. The highest BCUT2D eigenvalue weighted by Crippen LogP contribution is 2.10. The summed E-state index contributed by atoms with van der Waals surface area (Å²) >= 11 is 1.75. The molecule has 0 radical (unpaired) electrons. The van der Waals surface area contributed by atoms with Gasteiger partial charge < -0.3 is 20.1 Å². The van der Waals surface area contributed by atoms with Gasteiger partial charge in [-0.15, -0.1) is 11.3 Å². The molecule has 1 aromatic heterocycles. The Morgan fingerprint density at radius 3 is 2.83 bits per heavy atom. The average molecular weight is 343 g/mol. The molecule has 0 atom stereocenters. The third-order valence-electron chi connectivity index (χ3n) is 3.04. The van der Waals surface area contributed by atoms with Gasteiger partial charge in [0.15, 0.2) is 5.96 Å². The molecule has 0 bridgehead atoms. The second-order valence-electron chi connectivity index (χ2n) is 5.11. The van der Waals surface area contributed by atoms with E-state index in [0.717, 1.165) is 51.5 Å². The fraction of sp³-hybridized carbons (Fsp3) is 0.750. The molecule has 0 amide bonds. The maximum Gasteiger partial charge on any atom is 0.191 e. The van der Waals surface area contributed by atoms with Crippen LogP contribution in [0, 0.1) is 6.92 Å². The van der Waals surface area contributed by atoms with Crippen LogP contribution >= 0.6 is 11.3 Å². The highest BCUT2D eigenvalue weighted by molar-refractivity contribution is 7.11. The van der Waals surface area contributed by atoms with E-state index in [1.165, 1.54) is 9.88 Å². The van der Waals surface area contributed by atoms with Crippen molar-refractivity contribution in [3.05, 3.63) is 16.1 Å². The van der Waals surface area contributed by atoms with Gasteiger partial charge in [0.1, 0.15) is 0 Å². The van der Waals surface area contributed by atoms with E-state index in [1.807, 2.05) is 6.20 Å². The van der Waals surface area contributed by atoms with Crippen molar-refractivity contribution in [3.8, 4) is 0 Å². The van der Waals surface area contributed by atoms with Crippen LogP contribution in [-0.2, 0) is 15.9 Å². The van der Waals surface area contributed by atoms with Crippen LogP contribution < -0.4 is 10.6 Å². The highest BCUT2D eigenvalue weighted by atomic mass is 32.1. The lowest BCUT2D eigenvalue weighted by Crippen LogP contribution is -2.38. The number of guanidine groups is 1. The number of thiazole rings is 1. The molecule has 1 rings (SSSR count). The first kappa shape index (κ1) is 19.9. The SMILES string of the molecule is CCNC(=NCCCCOCCOC)NCCc1ncc(C)s1. The van der Waals surface area contributed by atoms with Crippen LogP contribution in [0.3, 0.4) is 0 Å². The van der Waals surface area contributed by atoms with E-state index >= 15 is 0 Å². The Morgan fingerprint density at radius 1 is 1.26 bits per heavy atom. The van der Waals surface area contributed by atoms with E-state index in [9.17, 15) is 0 Å². The first-order valence-corrected chi connectivity index (χ1v) is 9.08. The average Bonchev–Trinajstić information content (AvgIpc) is 2.95. The van der Waals surface area contributed by atoms with Crippen molar-refractivity contribution in [1.82, 2.24) is 15.6 Å². The van der Waals surface area contributed by atoms with Crippen LogP contribution in [0.1, 0.15) is 29.7 Å². The topological polar surface area (TPSA) is 67.8 Å². The molecular formula is C16H30N4O2S. The number of hydrogen-bond acceptors (Lipinski definition) is 5. The van der Waals surface area contributed by atoms with E-state index in [1.54, 1.807) is 18.4 Å². The number of nitrogens with one attached hydrogen (secondary N) is 2. The Morgan fingerprint density at radius 2 is 2.13 bits per heavy atom. The minimum absolute atomic E-state index is 0.658. The molecule has 0 saturated carbocycles. The first-order chi connectivity index (χ1) is 11.3. The molecule has 0 spiro atoms. The van der Waals surface area contributed by atoms with E-state index in [-0.39, 0.29) is 0 Å². The molecular weight excluding hydrogens is 312 g/mol. The third kappa shape index (κ3) is 10.3. The van der Waals surface area contributed by atoms with Gasteiger partial charge in [0.05, 0.1) is 18.2 Å². The zero-order chi connectivity index (χ0) is 16.8. The molecule has 0 fully saturated rings. The number of aryl methyl sites for hydroxylation is 1. The number of methoxy groups -OCH3 is 1. The molecule has 2 N–H and O–H groups in total. The monoisotopic (exact) mass is 342 g/mol. The van der Waals surface area contributed by atoms with E-state index in [4.69, 9.17) is 9.47 Å². The van der Waals surface area contributed by atoms with Gasteiger partial charge in [-0.2, -0.15) is 0 Å². The standard InChI is InChI=1S/C16H30N4O2S/c1-4-17-16(18-8-5-6-10-22-12-11-21-3)19-9-7-15-20-13-14(2)23-15/h13H,4-12H2,1-3H3,(H2,17,18,19). The van der Waals surface area contributed by atoms with Gasteiger partial charge in [-0.05, 0) is 26.7 Å². The lowest BCUT2D eigenvalue weighted by Gasteiger charge is -2.10. The van der Waals surface area contributed by atoms with Crippen molar-refractivity contribution in [3.63, 3.8) is 0 Å². The summed E-state index contributed by atoms with van der Waals surface area (Å²) in [5.41, 5.74) is 0. The minimum Gasteiger partial charge on any atom is -0.382 e. The molecule has 0 aromatic carbocycles. The molecule has 23 heavy (non-hydrogen) atoms. The second-order valence-corrected chi connectivity index (χ2v) is 6.43. The lowest BCUT2D eigenvalue weighted by molar-refractivity contribution is 0.0690. The Labute approximate surface area is 143 Å². The third-order valence-corrected chi connectivity index (χ3v) is 4.02. The normalized spacial score (nSPS) is 11.7. The van der Waals surface area contributed by atoms with Crippen LogP contribution in [0.2, 0.25) is 0 Å². The molecule has 132 valence electrons. The summed E-state index contributed by atoms with van der Waals surface area (Å²) in [5, 5.41) is 7.79. The van der Waals surface area contributed by atoms with Crippen molar-refractivity contribution in [2.24, 2.45) is 4.99 Å². The van der Waals surface area contributed by atoms with E-state index in [0.29, 0.717) is 13.2 Å². The number of hydrogen-bond donors (Lipinski definition) is 2. The largest absolute Gasteiger partial charge is 0.382 e. The maximum absolute atomic E-state index is 5.43. The first-order valence-electron chi connectivity index (χ1n) is 8.26. The van der Waals surface area contributed by atoms with Gasteiger partial charge in [0.2, 0.25) is 0 Å². The van der Waals surface area contributed by atoms with Gasteiger partial charge in [-0.1, -0.05) is 0 Å². The molecule has 0 aliphatic rings. The van der Waals surface area contributed by atoms with Crippen molar-refractivity contribution in [1.29, 1.82) is 0 Å². The van der Waals surface area contributed by atoms with Gasteiger partial charge in [-0.3, -0.25) is 4.99 Å². The molecule has 1 aromatic rings. The summed E-state index contributed by atoms with van der Waals surface area (Å²) in [5.74, 6) is 0.876. The summed E-state index contributed by atoms with van der Waals surface area (Å²) in [6.45, 7) is 8.77. The fourth-order valence-corrected chi connectivity index (χ4v) is 2.68. The summed E-state index contributed by atoms with van der Waals surface area (Å²) in [6, 6.07) is 0. The van der Waals surface area contributed by atoms with Gasteiger partial charge >= 0.3 is 0 Å². The predicted octanol–water partition coefficient (Wildman–Crippen LogP) is 1.99. The molecule has 0 unspecified atom stereocenters. The summed E-state index contributed by atoms with van der Waals surface area (Å²) in [6.07, 6.45) is 4.89. The Kier molecular flexibility index (Phi) is 11.5. The van der Waals surface area contributed by atoms with Gasteiger partial charge in [0, 0.05) is 50.8 Å². The predicted molar refractivity (Wildman–Crippen MR) is 96.5 cm³/mol. The Balaban J connectivity index is 2.14. The zero-order valence-corrected chi connectivity index (χ0v) is 15.4. The van der Waals surface area contributed by atoms with Crippen LogP contribution in [0.4, 0.5) is 0 Å². The van der Waals surface area contributed by atoms with Crippen molar-refractivity contribution in [2.45, 2.75) is 33.1 Å². The maximum atomic E-state index is 5.43. The zero-order valence-electron chi connectivity index (χ0n) is 14.6. The molecule has 1 heterocycles. The van der Waals surface area contributed by atoms with Crippen LogP contribution in [0.25, 0.3) is 0 Å². The number of unbranched alkanes of at least 4 members (excludes halogenated alkanes) is 1. The highest BCUT2D eigenvalue weighted by Gasteiger charge is 2.00. The molecule has 0 aliphatic heterocycles. The molecule has 0 aliphatic carbocycles. The van der Waals surface area contributed by atoms with Crippen molar-refractivity contribution < 1.29 is 9.47 Å². The van der Waals surface area contributed by atoms with Crippen molar-refractivity contribution in [2.75, 3.05) is 46.6 Å². The second kappa shape index (κ2) is 13.3. The Bertz CT molecular complexity index is 437. The number of aromatic nitrogens is 1. The fourth-order valence-electron chi connectivity index (χ4n) is 1.90.